The van der Waals surface area contributed by atoms with Crippen molar-refractivity contribution < 1.29 is 28.2 Å². The molecule has 0 bridgehead atoms. The lowest BCUT2D eigenvalue weighted by molar-refractivity contribution is -0.255. The van der Waals surface area contributed by atoms with Crippen LogP contribution in [0.15, 0.2) is 52.4 Å². The Balaban J connectivity index is 1.90. The summed E-state index contributed by atoms with van der Waals surface area (Å²) in [6.45, 7) is 0. The molecule has 122 valence electrons. The summed E-state index contributed by atoms with van der Waals surface area (Å²) in [4.78, 5) is 25.2. The summed E-state index contributed by atoms with van der Waals surface area (Å²) in [6.07, 6.45) is 0. The molecule has 0 saturated heterocycles. The third kappa shape index (κ3) is 2.72. The van der Waals surface area contributed by atoms with Crippen molar-refractivity contribution in [2.24, 2.45) is 4.99 Å². The maximum absolute atomic E-state index is 12.3. The monoisotopic (exact) mass is 344 g/mol. The molecular weight excluding hydrogens is 336 g/mol. The van der Waals surface area contributed by atoms with Gasteiger partial charge in [0, 0.05) is 16.8 Å². The van der Waals surface area contributed by atoms with Gasteiger partial charge in [0.2, 0.25) is 0 Å². The average molecular weight is 344 g/mol. The highest BCUT2D eigenvalue weighted by Crippen LogP contribution is 2.23. The second-order valence-corrected chi connectivity index (χ2v) is 6.58. The number of rotatable bonds is 4. The number of amides is 1. The van der Waals surface area contributed by atoms with Crippen LogP contribution in [-0.4, -0.2) is 26.2 Å². The van der Waals surface area contributed by atoms with Crippen LogP contribution in [0.2, 0.25) is 0 Å². The van der Waals surface area contributed by atoms with Crippen LogP contribution in [0.5, 0.6) is 0 Å². The van der Waals surface area contributed by atoms with Crippen molar-refractivity contribution >= 4 is 33.5 Å². The molecule has 0 atom stereocenters. The smallest absolute Gasteiger partial charge is 0.277 e. The Labute approximate surface area is 136 Å². The number of sulfonamides is 1. The van der Waals surface area contributed by atoms with Gasteiger partial charge in [-0.25, -0.2) is 13.4 Å². The van der Waals surface area contributed by atoms with Gasteiger partial charge in [0.25, 0.3) is 15.9 Å². The van der Waals surface area contributed by atoms with Crippen LogP contribution in [-0.2, 0) is 10.0 Å². The van der Waals surface area contributed by atoms with Gasteiger partial charge in [-0.1, -0.05) is 12.1 Å². The number of carboxylic acids is 1. The van der Waals surface area contributed by atoms with Crippen molar-refractivity contribution in [3.05, 3.63) is 59.2 Å². The zero-order valence-corrected chi connectivity index (χ0v) is 12.7. The zero-order chi connectivity index (χ0) is 17.5. The highest BCUT2D eigenvalue weighted by Gasteiger charge is 2.20. The summed E-state index contributed by atoms with van der Waals surface area (Å²) in [5.74, 6) is -2.81. The molecule has 0 aliphatic carbocycles. The Bertz CT molecular complexity index is 993. The number of nitrogens with one attached hydrogen (secondary N) is 1. The number of fused-ring (bicyclic) bond motifs is 1. The van der Waals surface area contributed by atoms with Gasteiger partial charge < -0.3 is 15.0 Å². The zero-order valence-electron chi connectivity index (χ0n) is 11.8. The number of aromatic carboxylic acids is 1. The van der Waals surface area contributed by atoms with Crippen molar-refractivity contribution in [1.82, 2.24) is 0 Å². The van der Waals surface area contributed by atoms with E-state index in [4.69, 9.17) is 0 Å². The van der Waals surface area contributed by atoms with E-state index in [0.717, 1.165) is 24.3 Å². The summed E-state index contributed by atoms with van der Waals surface area (Å²) < 4.78 is 26.8. The molecule has 1 aliphatic heterocycles. The first-order valence-corrected chi connectivity index (χ1v) is 8.05. The van der Waals surface area contributed by atoms with E-state index in [1.165, 1.54) is 18.2 Å². The Hall–Kier alpha value is -3.20. The standard InChI is InChI=1S/C15H10N2O6S/c18-13-11-6-3-9(7-12(11)14(19)16-13)17-24(22,23)10-4-1-8(2-5-10)15(20)21/h1-7,17H,(H,20,21)(H,16,18,19)/p-2. The first-order valence-electron chi connectivity index (χ1n) is 6.56. The quantitative estimate of drug-likeness (QED) is 0.763. The molecule has 2 aromatic rings. The van der Waals surface area contributed by atoms with Gasteiger partial charge in [-0.3, -0.25) is 9.52 Å². The van der Waals surface area contributed by atoms with Crippen LogP contribution in [0, 0.1) is 0 Å². The van der Waals surface area contributed by atoms with Gasteiger partial charge in [-0.15, -0.1) is 0 Å². The number of anilines is 1. The predicted octanol–water partition coefficient (Wildman–Crippen LogP) is -0.888. The minimum atomic E-state index is -3.99. The SMILES string of the molecule is O=C([O-])c1ccc(S(=O)(=O)Nc2ccc3c(c2)C([O-])=NC3=O)cc1. The molecule has 0 fully saturated rings. The van der Waals surface area contributed by atoms with Crippen LogP contribution in [0.25, 0.3) is 0 Å². The molecule has 3 rings (SSSR count). The largest absolute Gasteiger partial charge is 0.858 e. The van der Waals surface area contributed by atoms with Crippen molar-refractivity contribution in [3.63, 3.8) is 0 Å². The van der Waals surface area contributed by atoms with Gasteiger partial charge in [0.15, 0.2) is 0 Å². The molecule has 1 aliphatic rings. The summed E-state index contributed by atoms with van der Waals surface area (Å²) in [7, 11) is -3.99. The number of carbonyl (C=O) groups excluding carboxylic acids is 2. The second kappa shape index (κ2) is 5.46. The van der Waals surface area contributed by atoms with E-state index < -0.39 is 27.8 Å². The molecule has 0 spiro atoms. The van der Waals surface area contributed by atoms with E-state index in [-0.39, 0.29) is 27.3 Å². The molecule has 8 nitrogen and oxygen atoms in total. The van der Waals surface area contributed by atoms with E-state index in [9.17, 15) is 28.2 Å². The third-order valence-corrected chi connectivity index (χ3v) is 4.73. The molecule has 9 heteroatoms. The average Bonchev–Trinajstić information content (AvgIpc) is 2.81. The summed E-state index contributed by atoms with van der Waals surface area (Å²) in [6, 6.07) is 8.30. The predicted molar refractivity (Wildman–Crippen MR) is 78.9 cm³/mol. The highest BCUT2D eigenvalue weighted by atomic mass is 32.2. The number of hydrogen-bond donors (Lipinski definition) is 1. The van der Waals surface area contributed by atoms with Crippen molar-refractivity contribution in [1.29, 1.82) is 0 Å². The Kier molecular flexibility index (Phi) is 3.57. The van der Waals surface area contributed by atoms with Gasteiger partial charge >= 0.3 is 0 Å². The van der Waals surface area contributed by atoms with Crippen LogP contribution in [0.3, 0.4) is 0 Å². The summed E-state index contributed by atoms with van der Waals surface area (Å²) in [5, 5.41) is 22.2. The Morgan fingerprint density at radius 1 is 1.04 bits per heavy atom. The fourth-order valence-corrected chi connectivity index (χ4v) is 3.22. The number of benzene rings is 2. The fraction of sp³-hybridized carbons (Fsp3) is 0. The lowest BCUT2D eigenvalue weighted by atomic mass is 10.1. The summed E-state index contributed by atoms with van der Waals surface area (Å²) >= 11 is 0. The molecule has 1 amide bonds. The van der Waals surface area contributed by atoms with Crippen molar-refractivity contribution in [3.8, 4) is 0 Å². The molecule has 0 saturated carbocycles. The van der Waals surface area contributed by atoms with E-state index in [0.29, 0.717) is 0 Å². The number of hydrogen-bond acceptors (Lipinski definition) is 6. The third-order valence-electron chi connectivity index (χ3n) is 3.34. The first kappa shape index (κ1) is 15.7. The molecule has 1 N–H and O–H groups in total. The van der Waals surface area contributed by atoms with Gasteiger partial charge in [-0.05, 0) is 41.8 Å². The van der Waals surface area contributed by atoms with Gasteiger partial charge in [0.1, 0.15) is 0 Å². The van der Waals surface area contributed by atoms with Crippen LogP contribution < -0.4 is 14.9 Å². The number of carbonyl (C=O) groups is 2. The van der Waals surface area contributed by atoms with E-state index in [1.54, 1.807) is 0 Å². The van der Waals surface area contributed by atoms with Crippen molar-refractivity contribution in [2.75, 3.05) is 4.72 Å². The van der Waals surface area contributed by atoms with Crippen LogP contribution in [0.4, 0.5) is 5.69 Å². The lowest BCUT2D eigenvalue weighted by Crippen LogP contribution is -2.22. The maximum Gasteiger partial charge on any atom is 0.277 e. The molecule has 24 heavy (non-hydrogen) atoms. The van der Waals surface area contributed by atoms with E-state index in [2.05, 4.69) is 9.71 Å². The Morgan fingerprint density at radius 2 is 1.71 bits per heavy atom. The normalized spacial score (nSPS) is 13.3. The van der Waals surface area contributed by atoms with Crippen LogP contribution >= 0.6 is 0 Å². The number of nitrogens with zero attached hydrogens (tertiary/aromatic N) is 1. The molecule has 0 radical (unpaired) electrons. The number of carboxylic acid groups (broad SMARTS) is 1. The van der Waals surface area contributed by atoms with Gasteiger partial charge in [0.05, 0.1) is 10.9 Å². The first-order chi connectivity index (χ1) is 11.3. The highest BCUT2D eigenvalue weighted by molar-refractivity contribution is 7.92. The molecule has 2 aromatic carbocycles. The molecule has 0 unspecified atom stereocenters. The van der Waals surface area contributed by atoms with Crippen LogP contribution in [0.1, 0.15) is 26.3 Å². The fourth-order valence-electron chi connectivity index (χ4n) is 2.17. The second-order valence-electron chi connectivity index (χ2n) is 4.90. The lowest BCUT2D eigenvalue weighted by Gasteiger charge is -2.11. The summed E-state index contributed by atoms with van der Waals surface area (Å²) in [5.41, 5.74) is 0.0573. The topological polar surface area (TPSA) is 139 Å². The molecule has 1 heterocycles. The Morgan fingerprint density at radius 3 is 2.33 bits per heavy atom. The van der Waals surface area contributed by atoms with Gasteiger partial charge in [-0.2, -0.15) is 0 Å². The minimum absolute atomic E-state index is 0.0208. The maximum atomic E-state index is 12.3. The minimum Gasteiger partial charge on any atom is -0.858 e. The molecule has 0 aromatic heterocycles. The van der Waals surface area contributed by atoms with E-state index in [1.807, 2.05) is 0 Å². The molecular formula is C15H8N2O6S-2. The number of aliphatic imine (C=N–C) groups is 1. The van der Waals surface area contributed by atoms with Crippen molar-refractivity contribution in [2.45, 2.75) is 4.90 Å². The van der Waals surface area contributed by atoms with E-state index >= 15 is 0 Å².